The van der Waals surface area contributed by atoms with Gasteiger partial charge in [0.15, 0.2) is 6.61 Å². The minimum absolute atomic E-state index is 0.105. The molecule has 134 valence electrons. The van der Waals surface area contributed by atoms with Crippen LogP contribution in [0.2, 0.25) is 5.02 Å². The van der Waals surface area contributed by atoms with Crippen molar-refractivity contribution in [2.45, 2.75) is 13.1 Å². The molecule has 1 amide bonds. The molecule has 0 saturated heterocycles. The van der Waals surface area contributed by atoms with E-state index in [0.717, 1.165) is 36.5 Å². The van der Waals surface area contributed by atoms with Crippen LogP contribution in [0.5, 0.6) is 5.75 Å². The van der Waals surface area contributed by atoms with Crippen molar-refractivity contribution in [3.05, 3.63) is 53.3 Å². The zero-order valence-corrected chi connectivity index (χ0v) is 15.2. The lowest BCUT2D eigenvalue weighted by atomic mass is 10.2. The fourth-order valence-corrected chi connectivity index (χ4v) is 3.31. The van der Waals surface area contributed by atoms with E-state index in [4.69, 9.17) is 21.3 Å². The van der Waals surface area contributed by atoms with Crippen molar-refractivity contribution in [1.82, 2.24) is 14.5 Å². The molecule has 3 aromatic rings. The van der Waals surface area contributed by atoms with Crippen LogP contribution in [0.15, 0.2) is 42.5 Å². The summed E-state index contributed by atoms with van der Waals surface area (Å²) in [7, 11) is 2.09. The number of benzene rings is 2. The van der Waals surface area contributed by atoms with Gasteiger partial charge in [-0.2, -0.15) is 0 Å². The number of hydrogen-bond donors (Lipinski definition) is 1. The number of rotatable bonds is 4. The van der Waals surface area contributed by atoms with Crippen LogP contribution in [0.1, 0.15) is 5.82 Å². The van der Waals surface area contributed by atoms with Gasteiger partial charge in [-0.3, -0.25) is 9.69 Å². The van der Waals surface area contributed by atoms with Gasteiger partial charge in [0.05, 0.1) is 22.6 Å². The van der Waals surface area contributed by atoms with Gasteiger partial charge in [-0.1, -0.05) is 23.7 Å². The quantitative estimate of drug-likeness (QED) is 0.766. The maximum atomic E-state index is 12.2. The Labute approximate surface area is 156 Å². The number of carbonyl (C=O) groups is 1. The third kappa shape index (κ3) is 3.38. The average Bonchev–Trinajstić information content (AvgIpc) is 2.97. The molecule has 0 atom stereocenters. The Kier molecular flexibility index (Phi) is 4.53. The topological polar surface area (TPSA) is 59.4 Å². The van der Waals surface area contributed by atoms with E-state index in [2.05, 4.69) is 21.8 Å². The number of anilines is 1. The molecule has 0 bridgehead atoms. The van der Waals surface area contributed by atoms with Gasteiger partial charge in [0.25, 0.3) is 5.91 Å². The lowest BCUT2D eigenvalue weighted by Gasteiger charge is -2.23. The second-order valence-corrected chi connectivity index (χ2v) is 6.80. The third-order valence-electron chi connectivity index (χ3n) is 4.42. The standard InChI is InChI=1S/C19H19ClN4O2/c1-23-8-9-24-16-7-6-13(10-15(16)22-18(24)11-23)21-19(25)12-26-17-5-3-2-4-14(17)20/h2-7,10H,8-9,11-12H2,1H3,(H,21,25). The van der Waals surface area contributed by atoms with Gasteiger partial charge in [-0.05, 0) is 37.4 Å². The van der Waals surface area contributed by atoms with E-state index >= 15 is 0 Å². The molecule has 0 fully saturated rings. The normalized spacial score (nSPS) is 14.2. The molecule has 1 aromatic heterocycles. The highest BCUT2D eigenvalue weighted by Crippen LogP contribution is 2.24. The van der Waals surface area contributed by atoms with Crippen LogP contribution in [-0.2, 0) is 17.9 Å². The fraction of sp³-hybridized carbons (Fsp3) is 0.263. The maximum absolute atomic E-state index is 12.2. The maximum Gasteiger partial charge on any atom is 0.262 e. The molecule has 26 heavy (non-hydrogen) atoms. The van der Waals surface area contributed by atoms with E-state index in [1.807, 2.05) is 30.3 Å². The lowest BCUT2D eigenvalue weighted by Crippen LogP contribution is -2.30. The van der Waals surface area contributed by atoms with Crippen molar-refractivity contribution in [3.63, 3.8) is 0 Å². The molecule has 0 spiro atoms. The molecule has 7 heteroatoms. The van der Waals surface area contributed by atoms with Crippen molar-refractivity contribution in [2.75, 3.05) is 25.5 Å². The van der Waals surface area contributed by atoms with Crippen LogP contribution >= 0.6 is 11.6 Å². The van der Waals surface area contributed by atoms with Gasteiger partial charge in [0.1, 0.15) is 11.6 Å². The van der Waals surface area contributed by atoms with Gasteiger partial charge >= 0.3 is 0 Å². The highest BCUT2D eigenvalue weighted by Gasteiger charge is 2.17. The first kappa shape index (κ1) is 16.9. The third-order valence-corrected chi connectivity index (χ3v) is 4.74. The zero-order chi connectivity index (χ0) is 18.1. The zero-order valence-electron chi connectivity index (χ0n) is 14.4. The van der Waals surface area contributed by atoms with E-state index in [-0.39, 0.29) is 12.5 Å². The summed E-state index contributed by atoms with van der Waals surface area (Å²) in [4.78, 5) is 19.1. The van der Waals surface area contributed by atoms with Crippen LogP contribution in [0.25, 0.3) is 11.0 Å². The molecule has 2 aromatic carbocycles. The lowest BCUT2D eigenvalue weighted by molar-refractivity contribution is -0.118. The number of fused-ring (bicyclic) bond motifs is 3. The number of halogens is 1. The summed E-state index contributed by atoms with van der Waals surface area (Å²) in [5, 5.41) is 3.33. The first-order chi connectivity index (χ1) is 12.6. The minimum Gasteiger partial charge on any atom is -0.482 e. The second-order valence-electron chi connectivity index (χ2n) is 6.39. The predicted molar refractivity (Wildman–Crippen MR) is 102 cm³/mol. The molecular formula is C19H19ClN4O2. The number of nitrogens with zero attached hydrogens (tertiary/aromatic N) is 3. The van der Waals surface area contributed by atoms with Crippen LogP contribution in [-0.4, -0.2) is 40.6 Å². The van der Waals surface area contributed by atoms with Gasteiger partial charge in [-0.25, -0.2) is 4.98 Å². The van der Waals surface area contributed by atoms with E-state index in [9.17, 15) is 4.79 Å². The Morgan fingerprint density at radius 3 is 2.96 bits per heavy atom. The molecular weight excluding hydrogens is 352 g/mol. The van der Waals surface area contributed by atoms with E-state index < -0.39 is 0 Å². The van der Waals surface area contributed by atoms with Gasteiger partial charge in [-0.15, -0.1) is 0 Å². The van der Waals surface area contributed by atoms with Crippen LogP contribution < -0.4 is 10.1 Å². The van der Waals surface area contributed by atoms with Gasteiger partial charge in [0, 0.05) is 18.8 Å². The summed E-state index contributed by atoms with van der Waals surface area (Å²) >= 11 is 6.02. The first-order valence-corrected chi connectivity index (χ1v) is 8.83. The largest absolute Gasteiger partial charge is 0.482 e. The Bertz CT molecular complexity index is 969. The number of amides is 1. The summed E-state index contributed by atoms with van der Waals surface area (Å²) in [5.74, 6) is 1.30. The molecule has 1 aliphatic heterocycles. The number of nitrogens with one attached hydrogen (secondary N) is 1. The molecule has 6 nitrogen and oxygen atoms in total. The number of likely N-dealkylation sites (N-methyl/N-ethyl adjacent to an activating group) is 1. The van der Waals surface area contributed by atoms with Crippen molar-refractivity contribution in [2.24, 2.45) is 0 Å². The summed E-state index contributed by atoms with van der Waals surface area (Å²) < 4.78 is 7.70. The van der Waals surface area contributed by atoms with E-state index in [1.54, 1.807) is 12.1 Å². The van der Waals surface area contributed by atoms with Crippen molar-refractivity contribution < 1.29 is 9.53 Å². The van der Waals surface area contributed by atoms with Crippen LogP contribution in [0.3, 0.4) is 0 Å². The highest BCUT2D eigenvalue weighted by atomic mass is 35.5. The molecule has 0 saturated carbocycles. The smallest absolute Gasteiger partial charge is 0.262 e. The van der Waals surface area contributed by atoms with Crippen molar-refractivity contribution in [1.29, 1.82) is 0 Å². The van der Waals surface area contributed by atoms with Gasteiger partial charge < -0.3 is 14.6 Å². The van der Waals surface area contributed by atoms with E-state index in [0.29, 0.717) is 16.5 Å². The number of carbonyl (C=O) groups excluding carboxylic acids is 1. The summed E-state index contributed by atoms with van der Waals surface area (Å²) in [5.41, 5.74) is 2.69. The van der Waals surface area contributed by atoms with Gasteiger partial charge in [0.2, 0.25) is 0 Å². The first-order valence-electron chi connectivity index (χ1n) is 8.45. The van der Waals surface area contributed by atoms with Crippen molar-refractivity contribution in [3.8, 4) is 5.75 Å². The highest BCUT2D eigenvalue weighted by molar-refractivity contribution is 6.32. The number of ether oxygens (including phenoxy) is 1. The summed E-state index contributed by atoms with van der Waals surface area (Å²) in [6, 6.07) is 12.9. The number of aromatic nitrogens is 2. The molecule has 1 N–H and O–H groups in total. The number of para-hydroxylation sites is 1. The molecule has 2 heterocycles. The predicted octanol–water partition coefficient (Wildman–Crippen LogP) is 3.15. The van der Waals surface area contributed by atoms with Crippen LogP contribution in [0, 0.1) is 0 Å². The average molecular weight is 371 g/mol. The monoisotopic (exact) mass is 370 g/mol. The molecule has 0 radical (unpaired) electrons. The summed E-state index contributed by atoms with van der Waals surface area (Å²) in [6.45, 7) is 2.67. The molecule has 0 aliphatic carbocycles. The minimum atomic E-state index is -0.243. The summed E-state index contributed by atoms with van der Waals surface area (Å²) in [6.07, 6.45) is 0. The van der Waals surface area contributed by atoms with Crippen LogP contribution in [0.4, 0.5) is 5.69 Å². The molecule has 0 unspecified atom stereocenters. The Balaban J connectivity index is 1.45. The second kappa shape index (κ2) is 6.97. The Morgan fingerprint density at radius 1 is 1.27 bits per heavy atom. The SMILES string of the molecule is CN1CCn2c(nc3cc(NC(=O)COc4ccccc4Cl)ccc32)C1. The number of imidazole rings is 1. The van der Waals surface area contributed by atoms with E-state index in [1.165, 1.54) is 0 Å². The van der Waals surface area contributed by atoms with Crippen molar-refractivity contribution >= 4 is 34.2 Å². The number of hydrogen-bond acceptors (Lipinski definition) is 4. The molecule has 1 aliphatic rings. The Hall–Kier alpha value is -2.57. The Morgan fingerprint density at radius 2 is 2.12 bits per heavy atom. The molecule has 4 rings (SSSR count). The fourth-order valence-electron chi connectivity index (χ4n) is 3.12.